The van der Waals surface area contributed by atoms with Crippen LogP contribution in [-0.2, 0) is 16.1 Å². The SMILES string of the molecule is CCOc1ccc([C@@H]2C(C(=O)OC(C)C)=C(C)N=c3s/c(=C/c4c(C)n(Cc5ccccc5F)c5ccccc45)c(=O)n32)cc1. The normalized spacial score (nSPS) is 15.0. The zero-order chi connectivity index (χ0) is 31.8. The Morgan fingerprint density at radius 1 is 1.04 bits per heavy atom. The van der Waals surface area contributed by atoms with Crippen molar-refractivity contribution in [3.63, 3.8) is 0 Å². The summed E-state index contributed by atoms with van der Waals surface area (Å²) < 4.78 is 30.1. The highest BCUT2D eigenvalue weighted by Gasteiger charge is 2.34. The zero-order valence-electron chi connectivity index (χ0n) is 25.8. The van der Waals surface area contributed by atoms with E-state index < -0.39 is 12.0 Å². The minimum Gasteiger partial charge on any atom is -0.494 e. The second kappa shape index (κ2) is 12.3. The molecule has 6 rings (SSSR count). The van der Waals surface area contributed by atoms with Gasteiger partial charge in [-0.15, -0.1) is 0 Å². The van der Waals surface area contributed by atoms with Crippen molar-refractivity contribution < 1.29 is 18.7 Å². The Kier molecular flexibility index (Phi) is 8.29. The van der Waals surface area contributed by atoms with Crippen LogP contribution in [-0.4, -0.2) is 27.8 Å². The molecule has 0 fully saturated rings. The van der Waals surface area contributed by atoms with Gasteiger partial charge in [-0.25, -0.2) is 14.2 Å². The van der Waals surface area contributed by atoms with Crippen molar-refractivity contribution >= 4 is 34.3 Å². The highest BCUT2D eigenvalue weighted by Crippen LogP contribution is 2.32. The van der Waals surface area contributed by atoms with E-state index in [0.717, 1.165) is 27.7 Å². The van der Waals surface area contributed by atoms with Gasteiger partial charge in [0.15, 0.2) is 4.80 Å². The number of rotatable bonds is 8. The molecule has 1 atom stereocenters. The molecule has 45 heavy (non-hydrogen) atoms. The van der Waals surface area contributed by atoms with E-state index in [-0.39, 0.29) is 17.5 Å². The van der Waals surface area contributed by atoms with Crippen molar-refractivity contribution in [3.05, 3.63) is 132 Å². The largest absolute Gasteiger partial charge is 0.494 e. The number of ether oxygens (including phenoxy) is 2. The molecular formula is C36H34FN3O4S. The first kappa shape index (κ1) is 30.3. The third kappa shape index (κ3) is 5.64. The maximum atomic E-state index is 14.7. The van der Waals surface area contributed by atoms with Crippen LogP contribution in [0.5, 0.6) is 5.75 Å². The van der Waals surface area contributed by atoms with Gasteiger partial charge in [-0.1, -0.05) is 59.9 Å². The third-order valence-corrected chi connectivity index (χ3v) is 8.92. The van der Waals surface area contributed by atoms with Gasteiger partial charge in [0.2, 0.25) is 0 Å². The number of carbonyl (C=O) groups is 1. The summed E-state index contributed by atoms with van der Waals surface area (Å²) in [6.45, 7) is 10.1. The molecule has 1 aliphatic rings. The number of thiazole rings is 1. The van der Waals surface area contributed by atoms with E-state index in [9.17, 15) is 14.0 Å². The quantitative estimate of drug-likeness (QED) is 0.198. The molecule has 0 saturated heterocycles. The lowest BCUT2D eigenvalue weighted by atomic mass is 9.96. The zero-order valence-corrected chi connectivity index (χ0v) is 26.7. The lowest BCUT2D eigenvalue weighted by molar-refractivity contribution is -0.143. The Morgan fingerprint density at radius 2 is 1.76 bits per heavy atom. The Labute approximate surface area is 264 Å². The van der Waals surface area contributed by atoms with E-state index in [1.54, 1.807) is 37.5 Å². The van der Waals surface area contributed by atoms with Gasteiger partial charge in [-0.2, -0.15) is 0 Å². The molecule has 1 aliphatic heterocycles. The minimum atomic E-state index is -0.728. The Morgan fingerprint density at radius 3 is 2.47 bits per heavy atom. The van der Waals surface area contributed by atoms with E-state index in [0.29, 0.717) is 45.1 Å². The molecule has 0 aliphatic carbocycles. The Hall–Kier alpha value is -4.76. The van der Waals surface area contributed by atoms with Gasteiger partial charge >= 0.3 is 5.97 Å². The molecule has 9 heteroatoms. The van der Waals surface area contributed by atoms with Crippen molar-refractivity contribution in [3.8, 4) is 5.75 Å². The molecule has 0 bridgehead atoms. The van der Waals surface area contributed by atoms with Crippen molar-refractivity contribution in [1.29, 1.82) is 0 Å². The summed E-state index contributed by atoms with van der Waals surface area (Å²) in [4.78, 5) is 33.0. The Bertz CT molecular complexity index is 2140. The van der Waals surface area contributed by atoms with Gasteiger partial charge in [0.05, 0.1) is 41.1 Å². The van der Waals surface area contributed by atoms with Gasteiger partial charge in [0.1, 0.15) is 11.6 Å². The second-order valence-electron chi connectivity index (χ2n) is 11.2. The highest BCUT2D eigenvalue weighted by molar-refractivity contribution is 7.07. The van der Waals surface area contributed by atoms with Gasteiger partial charge < -0.3 is 14.0 Å². The third-order valence-electron chi connectivity index (χ3n) is 7.93. The van der Waals surface area contributed by atoms with Crippen LogP contribution in [0.25, 0.3) is 17.0 Å². The first-order valence-corrected chi connectivity index (χ1v) is 15.8. The summed E-state index contributed by atoms with van der Waals surface area (Å²) in [5.41, 5.74) is 4.62. The van der Waals surface area contributed by atoms with Crippen LogP contribution in [0, 0.1) is 12.7 Å². The number of fused-ring (bicyclic) bond motifs is 2. The van der Waals surface area contributed by atoms with Crippen LogP contribution in [0.15, 0.2) is 93.9 Å². The number of carbonyl (C=O) groups excluding carboxylic acids is 1. The number of esters is 1. The van der Waals surface area contributed by atoms with Crippen LogP contribution in [0.3, 0.4) is 0 Å². The molecule has 3 heterocycles. The smallest absolute Gasteiger partial charge is 0.338 e. The fourth-order valence-electron chi connectivity index (χ4n) is 5.86. The monoisotopic (exact) mass is 623 g/mol. The minimum absolute atomic E-state index is 0.259. The maximum Gasteiger partial charge on any atom is 0.338 e. The predicted octanol–water partition coefficient (Wildman–Crippen LogP) is 6.04. The average molecular weight is 624 g/mol. The van der Waals surface area contributed by atoms with Crippen LogP contribution in [0.4, 0.5) is 4.39 Å². The molecule has 0 spiro atoms. The molecule has 230 valence electrons. The van der Waals surface area contributed by atoms with Crippen LogP contribution < -0.4 is 19.6 Å². The number of para-hydroxylation sites is 1. The maximum absolute atomic E-state index is 14.7. The number of nitrogens with zero attached hydrogens (tertiary/aromatic N) is 3. The van der Waals surface area contributed by atoms with Gasteiger partial charge in [0.25, 0.3) is 5.56 Å². The molecule has 0 N–H and O–H groups in total. The molecule has 0 radical (unpaired) electrons. The van der Waals surface area contributed by atoms with Crippen molar-refractivity contribution in [1.82, 2.24) is 9.13 Å². The molecule has 2 aromatic heterocycles. The van der Waals surface area contributed by atoms with Crippen molar-refractivity contribution in [2.24, 2.45) is 4.99 Å². The predicted molar refractivity (Wildman–Crippen MR) is 175 cm³/mol. The van der Waals surface area contributed by atoms with E-state index >= 15 is 0 Å². The van der Waals surface area contributed by atoms with Crippen LogP contribution in [0.2, 0.25) is 0 Å². The molecule has 0 unspecified atom stereocenters. The first-order chi connectivity index (χ1) is 21.7. The van der Waals surface area contributed by atoms with Crippen molar-refractivity contribution in [2.75, 3.05) is 6.61 Å². The van der Waals surface area contributed by atoms with Gasteiger partial charge in [0, 0.05) is 27.7 Å². The first-order valence-electron chi connectivity index (χ1n) is 15.0. The summed E-state index contributed by atoms with van der Waals surface area (Å²) in [5, 5.41) is 0.956. The van der Waals surface area contributed by atoms with Gasteiger partial charge in [-0.05, 0) is 70.5 Å². The molecule has 0 saturated carbocycles. The number of aromatic nitrogens is 2. The van der Waals surface area contributed by atoms with Crippen LogP contribution >= 0.6 is 11.3 Å². The lowest BCUT2D eigenvalue weighted by Crippen LogP contribution is -2.40. The van der Waals surface area contributed by atoms with E-state index in [4.69, 9.17) is 14.5 Å². The van der Waals surface area contributed by atoms with E-state index in [1.165, 1.54) is 17.4 Å². The second-order valence-corrected chi connectivity index (χ2v) is 12.2. The molecular weight excluding hydrogens is 589 g/mol. The van der Waals surface area contributed by atoms with E-state index in [2.05, 4.69) is 4.57 Å². The highest BCUT2D eigenvalue weighted by atomic mass is 32.1. The Balaban J connectivity index is 1.53. The topological polar surface area (TPSA) is 74.8 Å². The molecule has 5 aromatic rings. The summed E-state index contributed by atoms with van der Waals surface area (Å²) in [6, 6.07) is 21.4. The average Bonchev–Trinajstić information content (AvgIpc) is 3.46. The number of benzene rings is 3. The number of hydrogen-bond acceptors (Lipinski definition) is 6. The summed E-state index contributed by atoms with van der Waals surface area (Å²) in [6.07, 6.45) is 1.55. The number of allylic oxidation sites excluding steroid dienone is 1. The molecule has 3 aromatic carbocycles. The number of hydrogen-bond donors (Lipinski definition) is 0. The lowest BCUT2D eigenvalue weighted by Gasteiger charge is -2.25. The summed E-state index contributed by atoms with van der Waals surface area (Å²) in [7, 11) is 0. The standard InChI is InChI=1S/C36H34FN3O4S/c1-6-43-26-17-15-24(16-18-26)33-32(35(42)44-21(2)3)22(4)38-36-40(33)34(41)31(45-36)19-28-23(5)39(30-14-10-8-12-27(28)30)20-25-11-7-9-13-29(25)37/h7-19,21,33H,6,20H2,1-5H3/b31-19+/t33-/m1/s1. The summed E-state index contributed by atoms with van der Waals surface area (Å²) >= 11 is 1.28. The number of halogens is 1. The summed E-state index contributed by atoms with van der Waals surface area (Å²) in [5.74, 6) is -0.0737. The fraction of sp³-hybridized carbons (Fsp3) is 0.250. The molecule has 0 amide bonds. The fourth-order valence-corrected chi connectivity index (χ4v) is 6.89. The van der Waals surface area contributed by atoms with Gasteiger partial charge in [-0.3, -0.25) is 9.36 Å². The van der Waals surface area contributed by atoms with E-state index in [1.807, 2.05) is 74.5 Å². The van der Waals surface area contributed by atoms with Crippen LogP contribution in [0.1, 0.15) is 56.1 Å². The molecule has 7 nitrogen and oxygen atoms in total. The van der Waals surface area contributed by atoms with Crippen molar-refractivity contribution in [2.45, 2.75) is 53.3 Å².